The fourth-order valence-electron chi connectivity index (χ4n) is 3.44. The highest BCUT2D eigenvalue weighted by atomic mass is 32.1. The SMILES string of the molecule is COc1ccccc1OCC(=O)NC1CCc2nnc(-c3csc(C)n3)n2CC1. The molecule has 1 N–H and O–H groups in total. The molecule has 4 rings (SSSR count). The fraction of sp³-hybridized carbons (Fsp3) is 0.400. The van der Waals surface area contributed by atoms with E-state index >= 15 is 0 Å². The third kappa shape index (κ3) is 4.40. The van der Waals surface area contributed by atoms with Crippen molar-refractivity contribution in [3.63, 3.8) is 0 Å². The number of hydrogen-bond donors (Lipinski definition) is 1. The van der Waals surface area contributed by atoms with Crippen LogP contribution in [0.5, 0.6) is 11.5 Å². The molecule has 1 amide bonds. The molecule has 1 atom stereocenters. The van der Waals surface area contributed by atoms with Crippen LogP contribution in [0.25, 0.3) is 11.5 Å². The summed E-state index contributed by atoms with van der Waals surface area (Å²) in [6.45, 7) is 2.67. The van der Waals surface area contributed by atoms with Gasteiger partial charge in [0.1, 0.15) is 11.5 Å². The molecule has 8 nitrogen and oxygen atoms in total. The summed E-state index contributed by atoms with van der Waals surface area (Å²) in [6, 6.07) is 7.35. The van der Waals surface area contributed by atoms with E-state index in [-0.39, 0.29) is 18.6 Å². The number of benzene rings is 1. The quantitative estimate of drug-likeness (QED) is 0.668. The zero-order valence-electron chi connectivity index (χ0n) is 16.4. The van der Waals surface area contributed by atoms with Crippen LogP contribution in [0, 0.1) is 6.92 Å². The van der Waals surface area contributed by atoms with Crippen LogP contribution in [-0.2, 0) is 17.8 Å². The molecule has 0 spiro atoms. The largest absolute Gasteiger partial charge is 0.493 e. The Labute approximate surface area is 172 Å². The molecule has 0 bridgehead atoms. The zero-order chi connectivity index (χ0) is 20.2. The van der Waals surface area contributed by atoms with E-state index in [1.807, 2.05) is 24.4 Å². The van der Waals surface area contributed by atoms with Gasteiger partial charge in [0.05, 0.1) is 12.1 Å². The predicted molar refractivity (Wildman–Crippen MR) is 109 cm³/mol. The van der Waals surface area contributed by atoms with Crippen LogP contribution in [0.4, 0.5) is 0 Å². The molecular formula is C20H23N5O3S. The average molecular weight is 414 g/mol. The van der Waals surface area contributed by atoms with E-state index in [0.29, 0.717) is 11.5 Å². The van der Waals surface area contributed by atoms with Gasteiger partial charge in [0.25, 0.3) is 5.91 Å². The lowest BCUT2D eigenvalue weighted by atomic mass is 10.1. The Balaban J connectivity index is 1.34. The number of nitrogens with zero attached hydrogens (tertiary/aromatic N) is 4. The van der Waals surface area contributed by atoms with Crippen molar-refractivity contribution in [1.82, 2.24) is 25.1 Å². The van der Waals surface area contributed by atoms with Crippen molar-refractivity contribution in [1.29, 1.82) is 0 Å². The predicted octanol–water partition coefficient (Wildman–Crippen LogP) is 2.62. The number of fused-ring (bicyclic) bond motifs is 1. The lowest BCUT2D eigenvalue weighted by molar-refractivity contribution is -0.123. The Morgan fingerprint density at radius 2 is 2.10 bits per heavy atom. The number of carbonyl (C=O) groups is 1. The lowest BCUT2D eigenvalue weighted by Gasteiger charge is -2.17. The lowest BCUT2D eigenvalue weighted by Crippen LogP contribution is -2.38. The summed E-state index contributed by atoms with van der Waals surface area (Å²) in [6.07, 6.45) is 2.38. The van der Waals surface area contributed by atoms with Crippen LogP contribution in [0.15, 0.2) is 29.6 Å². The number of aromatic nitrogens is 4. The number of aryl methyl sites for hydroxylation is 2. The van der Waals surface area contributed by atoms with Crippen LogP contribution < -0.4 is 14.8 Å². The van der Waals surface area contributed by atoms with E-state index in [2.05, 4.69) is 25.1 Å². The molecule has 0 aliphatic carbocycles. The van der Waals surface area contributed by atoms with Crippen molar-refractivity contribution in [3.8, 4) is 23.0 Å². The normalized spacial score (nSPS) is 16.0. The van der Waals surface area contributed by atoms with Gasteiger partial charge in [0.15, 0.2) is 23.9 Å². The number of thiazole rings is 1. The van der Waals surface area contributed by atoms with E-state index < -0.39 is 0 Å². The summed E-state index contributed by atoms with van der Waals surface area (Å²) in [7, 11) is 1.58. The highest BCUT2D eigenvalue weighted by molar-refractivity contribution is 7.09. The maximum Gasteiger partial charge on any atom is 0.258 e. The fourth-order valence-corrected chi connectivity index (χ4v) is 4.03. The topological polar surface area (TPSA) is 91.2 Å². The summed E-state index contributed by atoms with van der Waals surface area (Å²) in [5, 5.41) is 14.8. The molecule has 1 aromatic carbocycles. The third-order valence-corrected chi connectivity index (χ3v) is 5.66. The Morgan fingerprint density at radius 1 is 1.28 bits per heavy atom. The zero-order valence-corrected chi connectivity index (χ0v) is 17.2. The maximum absolute atomic E-state index is 12.4. The first-order valence-corrected chi connectivity index (χ1v) is 10.4. The van der Waals surface area contributed by atoms with Gasteiger partial charge in [0, 0.05) is 24.4 Å². The second-order valence-corrected chi connectivity index (χ2v) is 7.94. The van der Waals surface area contributed by atoms with Gasteiger partial charge in [-0.1, -0.05) is 12.1 Å². The third-order valence-electron chi connectivity index (χ3n) is 4.89. The van der Waals surface area contributed by atoms with Crippen molar-refractivity contribution >= 4 is 17.2 Å². The van der Waals surface area contributed by atoms with Gasteiger partial charge >= 0.3 is 0 Å². The average Bonchev–Trinajstić information content (AvgIpc) is 3.29. The van der Waals surface area contributed by atoms with Gasteiger partial charge in [-0.15, -0.1) is 21.5 Å². The van der Waals surface area contributed by atoms with Gasteiger partial charge < -0.3 is 19.4 Å². The van der Waals surface area contributed by atoms with Crippen LogP contribution in [0.1, 0.15) is 23.7 Å². The minimum absolute atomic E-state index is 0.0493. The smallest absolute Gasteiger partial charge is 0.258 e. The molecule has 2 aromatic heterocycles. The van der Waals surface area contributed by atoms with E-state index in [4.69, 9.17) is 9.47 Å². The maximum atomic E-state index is 12.4. The van der Waals surface area contributed by atoms with E-state index in [1.54, 1.807) is 30.6 Å². The number of rotatable bonds is 6. The second-order valence-electron chi connectivity index (χ2n) is 6.87. The molecule has 0 saturated carbocycles. The number of ether oxygens (including phenoxy) is 2. The van der Waals surface area contributed by atoms with Gasteiger partial charge in [0.2, 0.25) is 0 Å². The molecule has 3 heterocycles. The summed E-state index contributed by atoms with van der Waals surface area (Å²) in [4.78, 5) is 16.9. The number of hydrogen-bond acceptors (Lipinski definition) is 7. The molecule has 1 aliphatic rings. The molecule has 0 radical (unpaired) electrons. The number of methoxy groups -OCH3 is 1. The first kappa shape index (κ1) is 19.4. The Morgan fingerprint density at radius 3 is 2.86 bits per heavy atom. The first-order valence-electron chi connectivity index (χ1n) is 9.54. The molecule has 152 valence electrons. The van der Waals surface area contributed by atoms with Crippen molar-refractivity contribution in [2.45, 2.75) is 38.8 Å². The summed E-state index contributed by atoms with van der Waals surface area (Å²) in [5.74, 6) is 2.76. The van der Waals surface area contributed by atoms with Crippen LogP contribution >= 0.6 is 11.3 Å². The molecule has 0 saturated heterocycles. The summed E-state index contributed by atoms with van der Waals surface area (Å²) in [5.41, 5.74) is 0.860. The van der Waals surface area contributed by atoms with E-state index in [9.17, 15) is 4.79 Å². The molecule has 1 unspecified atom stereocenters. The minimum Gasteiger partial charge on any atom is -0.493 e. The van der Waals surface area contributed by atoms with Gasteiger partial charge in [-0.05, 0) is 31.9 Å². The first-order chi connectivity index (χ1) is 14.1. The highest BCUT2D eigenvalue weighted by Gasteiger charge is 2.23. The standard InChI is InChI=1S/C20H23N5O3S/c1-13-21-15(12-29-13)20-24-23-18-8-7-14(9-10-25(18)20)22-19(26)11-28-17-6-4-3-5-16(17)27-2/h3-6,12,14H,7-11H2,1-2H3,(H,22,26). The van der Waals surface area contributed by atoms with E-state index in [0.717, 1.165) is 48.2 Å². The highest BCUT2D eigenvalue weighted by Crippen LogP contribution is 2.26. The molecule has 29 heavy (non-hydrogen) atoms. The summed E-state index contributed by atoms with van der Waals surface area (Å²) < 4.78 is 13.0. The Kier molecular flexibility index (Phi) is 5.75. The number of carbonyl (C=O) groups excluding carboxylic acids is 1. The Bertz CT molecular complexity index is 1000. The van der Waals surface area contributed by atoms with Gasteiger partial charge in [-0.2, -0.15) is 0 Å². The number of nitrogens with one attached hydrogen (secondary N) is 1. The molecule has 3 aromatic rings. The van der Waals surface area contributed by atoms with Crippen molar-refractivity contribution in [3.05, 3.63) is 40.5 Å². The van der Waals surface area contributed by atoms with Gasteiger partial charge in [-0.25, -0.2) is 4.98 Å². The minimum atomic E-state index is -0.145. The van der Waals surface area contributed by atoms with Crippen LogP contribution in [0.3, 0.4) is 0 Å². The molecular weight excluding hydrogens is 390 g/mol. The second kappa shape index (κ2) is 8.60. The number of para-hydroxylation sites is 2. The van der Waals surface area contributed by atoms with Crippen LogP contribution in [-0.4, -0.2) is 45.4 Å². The monoisotopic (exact) mass is 413 g/mol. The van der Waals surface area contributed by atoms with Crippen LogP contribution in [0.2, 0.25) is 0 Å². The molecule has 1 aliphatic heterocycles. The van der Waals surface area contributed by atoms with Gasteiger partial charge in [-0.3, -0.25) is 4.79 Å². The molecule has 0 fully saturated rings. The molecule has 9 heteroatoms. The van der Waals surface area contributed by atoms with E-state index in [1.165, 1.54) is 0 Å². The number of amides is 1. The Hall–Kier alpha value is -2.94. The summed E-state index contributed by atoms with van der Waals surface area (Å²) >= 11 is 1.60. The van der Waals surface area contributed by atoms with Crippen molar-refractivity contribution in [2.75, 3.05) is 13.7 Å². The van der Waals surface area contributed by atoms with Crippen molar-refractivity contribution < 1.29 is 14.3 Å². The van der Waals surface area contributed by atoms with Crippen molar-refractivity contribution in [2.24, 2.45) is 0 Å².